The molecule has 9 nitrogen and oxygen atoms in total. The van der Waals surface area contributed by atoms with E-state index in [1.54, 1.807) is 12.1 Å². The number of guanidine groups is 1. The summed E-state index contributed by atoms with van der Waals surface area (Å²) in [5.74, 6) is 2.29. The van der Waals surface area contributed by atoms with Crippen molar-refractivity contribution in [2.75, 3.05) is 6.54 Å². The van der Waals surface area contributed by atoms with Crippen molar-refractivity contribution >= 4 is 23.2 Å². The largest absolute Gasteiger partial charge is 0.357 e. The molecule has 0 spiro atoms. The van der Waals surface area contributed by atoms with Crippen LogP contribution in [0.25, 0.3) is 17.0 Å². The maximum atomic E-state index is 6.02. The number of halogens is 1. The van der Waals surface area contributed by atoms with Gasteiger partial charge >= 0.3 is 0 Å². The molecular formula is C19H19ClN8O. The molecule has 2 N–H and O–H groups in total. The summed E-state index contributed by atoms with van der Waals surface area (Å²) < 4.78 is 7.22. The average molecular weight is 411 g/mol. The van der Waals surface area contributed by atoms with Crippen molar-refractivity contribution in [2.24, 2.45) is 4.99 Å². The highest BCUT2D eigenvalue weighted by Crippen LogP contribution is 2.19. The standard InChI is InChI=1S/C19H19ClN8O/c1-2-21-19(22-11-16-26-25-15-8-3-4-9-28(15)16)23-12-17-24-18(27-29-17)13-6-5-7-14(20)10-13/h3-10H,2,11-12H2,1H3,(H2,21,22,23). The van der Waals surface area contributed by atoms with E-state index in [1.165, 1.54) is 0 Å². The fraction of sp³-hybridized carbons (Fsp3) is 0.211. The molecule has 3 aromatic heterocycles. The molecule has 0 aliphatic rings. The van der Waals surface area contributed by atoms with E-state index in [9.17, 15) is 0 Å². The molecule has 29 heavy (non-hydrogen) atoms. The highest BCUT2D eigenvalue weighted by Gasteiger charge is 2.10. The fourth-order valence-corrected chi connectivity index (χ4v) is 2.91. The van der Waals surface area contributed by atoms with Crippen LogP contribution >= 0.6 is 11.6 Å². The number of nitrogens with zero attached hydrogens (tertiary/aromatic N) is 6. The Balaban J connectivity index is 1.43. The zero-order valence-corrected chi connectivity index (χ0v) is 16.5. The van der Waals surface area contributed by atoms with E-state index in [2.05, 4.69) is 36.0 Å². The van der Waals surface area contributed by atoms with E-state index in [1.807, 2.05) is 47.9 Å². The molecule has 0 atom stereocenters. The third kappa shape index (κ3) is 4.52. The van der Waals surface area contributed by atoms with Gasteiger partial charge in [0, 0.05) is 23.3 Å². The molecule has 0 saturated heterocycles. The molecule has 3 heterocycles. The van der Waals surface area contributed by atoms with Gasteiger partial charge in [0.15, 0.2) is 17.4 Å². The van der Waals surface area contributed by atoms with Gasteiger partial charge in [-0.3, -0.25) is 4.40 Å². The van der Waals surface area contributed by atoms with Gasteiger partial charge in [-0.05, 0) is 31.2 Å². The van der Waals surface area contributed by atoms with Crippen LogP contribution in [0.4, 0.5) is 0 Å². The molecule has 0 radical (unpaired) electrons. The Hall–Kier alpha value is -3.46. The SMILES string of the molecule is CCNC(=NCc1nnc2ccccn12)NCc1nc(-c2cccc(Cl)c2)no1. The minimum atomic E-state index is 0.333. The Bertz CT molecular complexity index is 1140. The molecule has 4 aromatic rings. The van der Waals surface area contributed by atoms with Gasteiger partial charge in [-0.25, -0.2) is 4.99 Å². The number of nitrogens with one attached hydrogen (secondary N) is 2. The Labute approximate surface area is 171 Å². The smallest absolute Gasteiger partial charge is 0.246 e. The maximum absolute atomic E-state index is 6.02. The van der Waals surface area contributed by atoms with E-state index in [-0.39, 0.29) is 0 Å². The minimum Gasteiger partial charge on any atom is -0.357 e. The van der Waals surface area contributed by atoms with Gasteiger partial charge in [0.1, 0.15) is 6.54 Å². The molecule has 0 fully saturated rings. The van der Waals surface area contributed by atoms with Gasteiger partial charge in [-0.2, -0.15) is 4.98 Å². The van der Waals surface area contributed by atoms with Crippen LogP contribution in [0.2, 0.25) is 5.02 Å². The first-order valence-corrected chi connectivity index (χ1v) is 9.50. The monoisotopic (exact) mass is 410 g/mol. The first-order chi connectivity index (χ1) is 14.2. The second-order valence-corrected chi connectivity index (χ2v) is 6.55. The van der Waals surface area contributed by atoms with Crippen LogP contribution in [0, 0.1) is 0 Å². The number of rotatable bonds is 6. The lowest BCUT2D eigenvalue weighted by molar-refractivity contribution is 0.375. The topological polar surface area (TPSA) is 106 Å². The van der Waals surface area contributed by atoms with Gasteiger partial charge in [-0.15, -0.1) is 10.2 Å². The second kappa shape index (κ2) is 8.70. The molecule has 0 aliphatic carbocycles. The van der Waals surface area contributed by atoms with Crippen LogP contribution in [0.3, 0.4) is 0 Å². The van der Waals surface area contributed by atoms with Crippen LogP contribution in [-0.2, 0) is 13.1 Å². The molecule has 0 bridgehead atoms. The number of aliphatic imine (C=N–C) groups is 1. The highest BCUT2D eigenvalue weighted by atomic mass is 35.5. The van der Waals surface area contributed by atoms with E-state index >= 15 is 0 Å². The first kappa shape index (κ1) is 18.9. The number of pyridine rings is 1. The summed E-state index contributed by atoms with van der Waals surface area (Å²) in [4.78, 5) is 8.96. The van der Waals surface area contributed by atoms with Crippen molar-refractivity contribution in [2.45, 2.75) is 20.0 Å². The summed E-state index contributed by atoms with van der Waals surface area (Å²) in [7, 11) is 0. The number of hydrogen-bond acceptors (Lipinski definition) is 6. The van der Waals surface area contributed by atoms with Crippen molar-refractivity contribution in [3.8, 4) is 11.4 Å². The molecule has 4 rings (SSSR count). The number of hydrogen-bond donors (Lipinski definition) is 2. The zero-order valence-electron chi connectivity index (χ0n) is 15.7. The number of benzene rings is 1. The third-order valence-corrected chi connectivity index (χ3v) is 4.30. The summed E-state index contributed by atoms with van der Waals surface area (Å²) in [5, 5.41) is 19.3. The maximum Gasteiger partial charge on any atom is 0.246 e. The number of fused-ring (bicyclic) bond motifs is 1. The van der Waals surface area contributed by atoms with Crippen LogP contribution in [-0.4, -0.2) is 37.2 Å². The minimum absolute atomic E-state index is 0.333. The van der Waals surface area contributed by atoms with Gasteiger partial charge in [0.2, 0.25) is 11.7 Å². The zero-order chi connectivity index (χ0) is 20.1. The van der Waals surface area contributed by atoms with Crippen molar-refractivity contribution in [3.63, 3.8) is 0 Å². The molecule has 0 amide bonds. The van der Waals surface area contributed by atoms with E-state index in [4.69, 9.17) is 16.1 Å². The lowest BCUT2D eigenvalue weighted by atomic mass is 10.2. The van der Waals surface area contributed by atoms with Crippen molar-refractivity contribution < 1.29 is 4.52 Å². The Morgan fingerprint density at radius 2 is 2.10 bits per heavy atom. The Morgan fingerprint density at radius 1 is 1.17 bits per heavy atom. The summed E-state index contributed by atoms with van der Waals surface area (Å²) in [6.45, 7) is 3.41. The quantitative estimate of drug-likeness (QED) is 0.372. The van der Waals surface area contributed by atoms with E-state index < -0.39 is 0 Å². The second-order valence-electron chi connectivity index (χ2n) is 6.12. The van der Waals surface area contributed by atoms with Crippen molar-refractivity contribution in [1.82, 2.24) is 35.4 Å². The summed E-state index contributed by atoms with van der Waals surface area (Å²) >= 11 is 6.02. The molecule has 0 unspecified atom stereocenters. The first-order valence-electron chi connectivity index (χ1n) is 9.12. The van der Waals surface area contributed by atoms with Crippen molar-refractivity contribution in [3.05, 3.63) is 65.4 Å². The fourth-order valence-electron chi connectivity index (χ4n) is 2.72. The molecule has 0 aliphatic heterocycles. The summed E-state index contributed by atoms with van der Waals surface area (Å²) in [6.07, 6.45) is 1.91. The lowest BCUT2D eigenvalue weighted by Crippen LogP contribution is -2.36. The molecule has 1 aromatic carbocycles. The lowest BCUT2D eigenvalue weighted by Gasteiger charge is -2.09. The predicted molar refractivity (Wildman–Crippen MR) is 109 cm³/mol. The molecule has 148 valence electrons. The summed E-state index contributed by atoms with van der Waals surface area (Å²) in [5.41, 5.74) is 1.59. The van der Waals surface area contributed by atoms with Crippen LogP contribution in [0.15, 0.2) is 58.2 Å². The van der Waals surface area contributed by atoms with Gasteiger partial charge < -0.3 is 15.2 Å². The predicted octanol–water partition coefficient (Wildman–Crippen LogP) is 2.69. The third-order valence-electron chi connectivity index (χ3n) is 4.07. The Kier molecular flexibility index (Phi) is 5.66. The van der Waals surface area contributed by atoms with Crippen molar-refractivity contribution in [1.29, 1.82) is 0 Å². The molecule has 10 heteroatoms. The molecule has 0 saturated carbocycles. The van der Waals surface area contributed by atoms with Crippen LogP contribution in [0.5, 0.6) is 0 Å². The van der Waals surface area contributed by atoms with Gasteiger partial charge in [0.25, 0.3) is 0 Å². The summed E-state index contributed by atoms with van der Waals surface area (Å²) in [6, 6.07) is 13.1. The Morgan fingerprint density at radius 3 is 2.97 bits per heavy atom. The van der Waals surface area contributed by atoms with E-state index in [0.717, 1.165) is 17.0 Å². The van der Waals surface area contributed by atoms with Crippen LogP contribution in [0.1, 0.15) is 18.6 Å². The van der Waals surface area contributed by atoms with Gasteiger partial charge in [-0.1, -0.05) is 35.0 Å². The van der Waals surface area contributed by atoms with Crippen LogP contribution < -0.4 is 10.6 Å². The normalized spacial score (nSPS) is 11.7. The van der Waals surface area contributed by atoms with E-state index in [0.29, 0.717) is 42.3 Å². The van der Waals surface area contributed by atoms with Gasteiger partial charge in [0.05, 0.1) is 6.54 Å². The number of aromatic nitrogens is 5. The molecular weight excluding hydrogens is 392 g/mol. The highest BCUT2D eigenvalue weighted by molar-refractivity contribution is 6.30. The average Bonchev–Trinajstić information content (AvgIpc) is 3.37.